The van der Waals surface area contributed by atoms with Crippen LogP contribution in [0.5, 0.6) is 0 Å². The fourth-order valence-corrected chi connectivity index (χ4v) is 1.28. The van der Waals surface area contributed by atoms with Gasteiger partial charge in [-0.2, -0.15) is 0 Å². The summed E-state index contributed by atoms with van der Waals surface area (Å²) in [5.74, 6) is 0. The normalized spacial score (nSPS) is 9.73. The van der Waals surface area contributed by atoms with Crippen molar-refractivity contribution in [2.45, 2.75) is 12.8 Å². The van der Waals surface area contributed by atoms with Crippen LogP contribution >= 0.6 is 0 Å². The lowest BCUT2D eigenvalue weighted by Gasteiger charge is -2.06. The summed E-state index contributed by atoms with van der Waals surface area (Å²) in [6.45, 7) is 0.188. The maximum absolute atomic E-state index is 11.0. The molecule has 0 saturated heterocycles. The van der Waals surface area contributed by atoms with Crippen LogP contribution in [0.15, 0.2) is 24.3 Å². The average molecular weight is 208 g/mol. The zero-order valence-electron chi connectivity index (χ0n) is 8.79. The molecule has 0 saturated carbocycles. The summed E-state index contributed by atoms with van der Waals surface area (Å²) < 4.78 is 0. The standard InChI is InChI=1S/C11H16N2O2/c1-12-11(15)13-10-6-2-4-9(8-10)5-3-7-14/h2,4,6,8,14H,3,5,7H2,1H3,(H2,12,13,15). The van der Waals surface area contributed by atoms with E-state index in [9.17, 15) is 4.79 Å². The van der Waals surface area contributed by atoms with E-state index in [1.54, 1.807) is 7.05 Å². The molecule has 0 aliphatic carbocycles. The molecular weight excluding hydrogens is 192 g/mol. The van der Waals surface area contributed by atoms with Gasteiger partial charge >= 0.3 is 6.03 Å². The van der Waals surface area contributed by atoms with Gasteiger partial charge in [-0.25, -0.2) is 4.79 Å². The fraction of sp³-hybridized carbons (Fsp3) is 0.364. The molecule has 4 heteroatoms. The molecule has 82 valence electrons. The third-order valence-electron chi connectivity index (χ3n) is 2.04. The van der Waals surface area contributed by atoms with Gasteiger partial charge in [0.25, 0.3) is 0 Å². The number of hydrogen-bond donors (Lipinski definition) is 3. The third-order valence-corrected chi connectivity index (χ3v) is 2.04. The van der Waals surface area contributed by atoms with Crippen LogP contribution in [0.3, 0.4) is 0 Å². The van der Waals surface area contributed by atoms with Crippen molar-refractivity contribution in [2.24, 2.45) is 0 Å². The number of amides is 2. The summed E-state index contributed by atoms with van der Waals surface area (Å²) in [6, 6.07) is 7.37. The summed E-state index contributed by atoms with van der Waals surface area (Å²) >= 11 is 0. The molecule has 0 aromatic heterocycles. The summed E-state index contributed by atoms with van der Waals surface area (Å²) in [5, 5.41) is 13.9. The molecule has 0 aliphatic heterocycles. The van der Waals surface area contributed by atoms with Gasteiger partial charge < -0.3 is 15.7 Å². The maximum Gasteiger partial charge on any atom is 0.318 e. The van der Waals surface area contributed by atoms with Gasteiger partial charge in [-0.3, -0.25) is 0 Å². The third kappa shape index (κ3) is 3.99. The molecule has 4 nitrogen and oxygen atoms in total. The smallest absolute Gasteiger partial charge is 0.318 e. The molecule has 0 bridgehead atoms. The van der Waals surface area contributed by atoms with Crippen LogP contribution in [0.2, 0.25) is 0 Å². The lowest BCUT2D eigenvalue weighted by molar-refractivity contribution is 0.254. The number of rotatable bonds is 4. The molecule has 0 spiro atoms. The highest BCUT2D eigenvalue weighted by Crippen LogP contribution is 2.11. The van der Waals surface area contributed by atoms with Crippen molar-refractivity contribution < 1.29 is 9.90 Å². The molecule has 1 rings (SSSR count). The molecule has 0 heterocycles. The van der Waals surface area contributed by atoms with Crippen LogP contribution in [-0.2, 0) is 6.42 Å². The average Bonchev–Trinajstić information content (AvgIpc) is 2.26. The quantitative estimate of drug-likeness (QED) is 0.699. The summed E-state index contributed by atoms with van der Waals surface area (Å²) in [5.41, 5.74) is 1.88. The lowest BCUT2D eigenvalue weighted by atomic mass is 10.1. The Bertz CT molecular complexity index is 326. The number of aliphatic hydroxyl groups is 1. The number of urea groups is 1. The second kappa shape index (κ2) is 6.03. The molecular formula is C11H16N2O2. The van der Waals surface area contributed by atoms with Crippen LogP contribution in [-0.4, -0.2) is 24.8 Å². The van der Waals surface area contributed by atoms with Gasteiger partial charge in [-0.05, 0) is 30.5 Å². The Balaban J connectivity index is 2.61. The van der Waals surface area contributed by atoms with Gasteiger partial charge in [0.2, 0.25) is 0 Å². The van der Waals surface area contributed by atoms with Crippen LogP contribution in [0.4, 0.5) is 10.5 Å². The van der Waals surface area contributed by atoms with E-state index in [0.29, 0.717) is 0 Å². The Morgan fingerprint density at radius 3 is 2.93 bits per heavy atom. The predicted octanol–water partition coefficient (Wildman–Crippen LogP) is 1.36. The molecule has 0 fully saturated rings. The number of aliphatic hydroxyl groups excluding tert-OH is 1. The molecule has 3 N–H and O–H groups in total. The van der Waals surface area contributed by atoms with Crippen molar-refractivity contribution in [1.29, 1.82) is 0 Å². The van der Waals surface area contributed by atoms with Gasteiger partial charge in [0, 0.05) is 19.3 Å². The molecule has 0 radical (unpaired) electrons. The van der Waals surface area contributed by atoms with E-state index in [0.717, 1.165) is 24.1 Å². The van der Waals surface area contributed by atoms with Crippen molar-refractivity contribution in [3.8, 4) is 0 Å². The van der Waals surface area contributed by atoms with Gasteiger partial charge in [-0.15, -0.1) is 0 Å². The molecule has 1 aromatic carbocycles. The summed E-state index contributed by atoms with van der Waals surface area (Å²) in [6.07, 6.45) is 1.56. The number of carbonyl (C=O) groups excluding carboxylic acids is 1. The van der Waals surface area contributed by atoms with Gasteiger partial charge in [0.1, 0.15) is 0 Å². The summed E-state index contributed by atoms with van der Waals surface area (Å²) in [7, 11) is 1.57. The number of carbonyl (C=O) groups is 1. The summed E-state index contributed by atoms with van der Waals surface area (Å²) in [4.78, 5) is 11.0. The highest BCUT2D eigenvalue weighted by Gasteiger charge is 1.99. The van der Waals surface area contributed by atoms with Crippen molar-refractivity contribution in [3.63, 3.8) is 0 Å². The van der Waals surface area contributed by atoms with E-state index in [2.05, 4.69) is 10.6 Å². The topological polar surface area (TPSA) is 61.4 Å². The second-order valence-electron chi connectivity index (χ2n) is 3.23. The van der Waals surface area contributed by atoms with Crippen molar-refractivity contribution >= 4 is 11.7 Å². The Labute approximate surface area is 89.3 Å². The zero-order chi connectivity index (χ0) is 11.1. The number of hydrogen-bond acceptors (Lipinski definition) is 2. The van der Waals surface area contributed by atoms with Gasteiger partial charge in [-0.1, -0.05) is 12.1 Å². The Hall–Kier alpha value is -1.55. The van der Waals surface area contributed by atoms with Gasteiger partial charge in [0.15, 0.2) is 0 Å². The van der Waals surface area contributed by atoms with E-state index in [4.69, 9.17) is 5.11 Å². The minimum absolute atomic E-state index is 0.188. The molecule has 0 aliphatic rings. The Kier molecular flexibility index (Phi) is 4.63. The van der Waals surface area contributed by atoms with Crippen LogP contribution in [0, 0.1) is 0 Å². The van der Waals surface area contributed by atoms with E-state index in [1.807, 2.05) is 24.3 Å². The first kappa shape index (κ1) is 11.5. The van der Waals surface area contributed by atoms with Crippen molar-refractivity contribution in [3.05, 3.63) is 29.8 Å². The zero-order valence-corrected chi connectivity index (χ0v) is 8.79. The first-order valence-electron chi connectivity index (χ1n) is 4.95. The number of aryl methyl sites for hydroxylation is 1. The van der Waals surface area contributed by atoms with Crippen LogP contribution in [0.1, 0.15) is 12.0 Å². The predicted molar refractivity (Wildman–Crippen MR) is 59.9 cm³/mol. The first-order chi connectivity index (χ1) is 7.26. The van der Waals surface area contributed by atoms with Crippen LogP contribution < -0.4 is 10.6 Å². The van der Waals surface area contributed by atoms with Crippen molar-refractivity contribution in [2.75, 3.05) is 19.0 Å². The molecule has 15 heavy (non-hydrogen) atoms. The minimum atomic E-state index is -0.227. The molecule has 0 unspecified atom stereocenters. The molecule has 2 amide bonds. The molecule has 1 aromatic rings. The molecule has 0 atom stereocenters. The monoisotopic (exact) mass is 208 g/mol. The highest BCUT2D eigenvalue weighted by molar-refractivity contribution is 5.89. The van der Waals surface area contributed by atoms with Crippen molar-refractivity contribution in [1.82, 2.24) is 5.32 Å². The largest absolute Gasteiger partial charge is 0.396 e. The lowest BCUT2D eigenvalue weighted by Crippen LogP contribution is -2.24. The number of nitrogens with one attached hydrogen (secondary N) is 2. The minimum Gasteiger partial charge on any atom is -0.396 e. The Morgan fingerprint density at radius 2 is 2.27 bits per heavy atom. The fourth-order valence-electron chi connectivity index (χ4n) is 1.28. The number of benzene rings is 1. The van der Waals surface area contributed by atoms with Gasteiger partial charge in [0.05, 0.1) is 0 Å². The van der Waals surface area contributed by atoms with E-state index in [-0.39, 0.29) is 12.6 Å². The SMILES string of the molecule is CNC(=O)Nc1cccc(CCCO)c1. The van der Waals surface area contributed by atoms with Crippen LogP contribution in [0.25, 0.3) is 0 Å². The van der Waals surface area contributed by atoms with E-state index >= 15 is 0 Å². The second-order valence-corrected chi connectivity index (χ2v) is 3.23. The Morgan fingerprint density at radius 1 is 1.47 bits per heavy atom. The number of anilines is 1. The first-order valence-corrected chi connectivity index (χ1v) is 4.95. The highest BCUT2D eigenvalue weighted by atomic mass is 16.2. The maximum atomic E-state index is 11.0. The van der Waals surface area contributed by atoms with E-state index < -0.39 is 0 Å². The van der Waals surface area contributed by atoms with E-state index in [1.165, 1.54) is 0 Å².